The van der Waals surface area contributed by atoms with Crippen molar-refractivity contribution in [1.82, 2.24) is 10.6 Å². The highest BCUT2D eigenvalue weighted by molar-refractivity contribution is 6.06. The molecule has 0 unspecified atom stereocenters. The molecular weight excluding hydrogens is 290 g/mol. The molecule has 2 N–H and O–H groups in total. The highest BCUT2D eigenvalue weighted by Gasteiger charge is 2.05. The normalized spacial score (nSPS) is 13.3. The van der Waals surface area contributed by atoms with Crippen LogP contribution in [0.2, 0.25) is 0 Å². The van der Waals surface area contributed by atoms with Gasteiger partial charge in [0.1, 0.15) is 11.6 Å². The number of allylic oxidation sites excluding steroid dienone is 4. The average molecular weight is 313 g/mol. The molecule has 1 heterocycles. The number of furan rings is 1. The number of carbonyl (C=O) groups excluding carboxylic acids is 1. The molecule has 122 valence electrons. The van der Waals surface area contributed by atoms with Crippen molar-refractivity contribution in [3.8, 4) is 0 Å². The average Bonchev–Trinajstić information content (AvgIpc) is 3.09. The summed E-state index contributed by atoms with van der Waals surface area (Å²) in [5, 5.41) is 5.46. The van der Waals surface area contributed by atoms with Gasteiger partial charge >= 0.3 is 6.03 Å². The smallest absolute Gasteiger partial charge is 0.320 e. The Hall–Kier alpha value is -2.82. The maximum atomic E-state index is 11.9. The molecule has 0 fully saturated rings. The summed E-state index contributed by atoms with van der Waals surface area (Å²) in [5.41, 5.74) is 1.78. The van der Waals surface area contributed by atoms with E-state index in [9.17, 15) is 4.79 Å². The zero-order chi connectivity index (χ0) is 17.1. The van der Waals surface area contributed by atoms with Crippen LogP contribution in [0, 0.1) is 0 Å². The second kappa shape index (κ2) is 10.00. The summed E-state index contributed by atoms with van der Waals surface area (Å²) in [6.45, 7) is 7.92. The van der Waals surface area contributed by atoms with Crippen molar-refractivity contribution in [2.75, 3.05) is 13.6 Å². The number of aliphatic imine (C=N–C) groups is 1. The Morgan fingerprint density at radius 1 is 1.48 bits per heavy atom. The second-order valence-corrected chi connectivity index (χ2v) is 4.69. The lowest BCUT2D eigenvalue weighted by atomic mass is 10.2. The maximum Gasteiger partial charge on any atom is 0.320 e. The van der Waals surface area contributed by atoms with Crippen molar-refractivity contribution in [1.29, 1.82) is 0 Å². The standard InChI is InChI=1S/C18H23N3O2/c1-5-7-9-15(6-2)13-20-18(22)21-17(19-4)12-14(3)16-10-8-11-23-16/h5-12H,2,13H2,1,3-4H3,(H2,19,20,21,22)/b7-5-,14-12+,15-9+. The van der Waals surface area contributed by atoms with Crippen LogP contribution in [0.1, 0.15) is 19.6 Å². The number of amides is 2. The van der Waals surface area contributed by atoms with Crippen LogP contribution in [0.5, 0.6) is 0 Å². The SMILES string of the molecule is C=C/C(=C\C=C/C)CNC(=O)NC(/C=C(\C)c1ccco1)=NC. The highest BCUT2D eigenvalue weighted by atomic mass is 16.3. The molecule has 1 rings (SSSR count). The third kappa shape index (κ3) is 6.65. The number of nitrogens with zero attached hydrogens (tertiary/aromatic N) is 1. The first-order chi connectivity index (χ1) is 11.1. The van der Waals surface area contributed by atoms with Crippen molar-refractivity contribution in [2.24, 2.45) is 4.99 Å². The molecule has 0 atom stereocenters. The van der Waals surface area contributed by atoms with Crippen molar-refractivity contribution in [2.45, 2.75) is 13.8 Å². The Kier molecular flexibility index (Phi) is 7.92. The Balaban J connectivity index is 2.61. The van der Waals surface area contributed by atoms with Gasteiger partial charge in [0.25, 0.3) is 0 Å². The number of rotatable bonds is 6. The lowest BCUT2D eigenvalue weighted by molar-refractivity contribution is 0.246. The van der Waals surface area contributed by atoms with E-state index in [4.69, 9.17) is 4.42 Å². The van der Waals surface area contributed by atoms with Gasteiger partial charge in [-0.1, -0.05) is 30.9 Å². The van der Waals surface area contributed by atoms with Gasteiger partial charge in [-0.2, -0.15) is 0 Å². The monoisotopic (exact) mass is 313 g/mol. The van der Waals surface area contributed by atoms with Crippen LogP contribution in [0.25, 0.3) is 5.57 Å². The van der Waals surface area contributed by atoms with Crippen LogP contribution < -0.4 is 10.6 Å². The number of urea groups is 1. The first-order valence-corrected chi connectivity index (χ1v) is 7.28. The summed E-state index contributed by atoms with van der Waals surface area (Å²) < 4.78 is 5.30. The zero-order valence-electron chi connectivity index (χ0n) is 13.8. The Bertz CT molecular complexity index is 635. The van der Waals surface area contributed by atoms with E-state index in [2.05, 4.69) is 22.2 Å². The number of carbonyl (C=O) groups is 1. The van der Waals surface area contributed by atoms with Gasteiger partial charge in [0.05, 0.1) is 6.26 Å². The van der Waals surface area contributed by atoms with Crippen LogP contribution in [0.4, 0.5) is 4.79 Å². The Morgan fingerprint density at radius 3 is 2.83 bits per heavy atom. The molecular formula is C18H23N3O2. The molecule has 5 nitrogen and oxygen atoms in total. The van der Waals surface area contributed by atoms with E-state index in [0.717, 1.165) is 16.9 Å². The van der Waals surface area contributed by atoms with Gasteiger partial charge in [-0.3, -0.25) is 10.3 Å². The van der Waals surface area contributed by atoms with Gasteiger partial charge in [0.15, 0.2) is 0 Å². The molecule has 2 amide bonds. The van der Waals surface area contributed by atoms with E-state index in [1.807, 2.05) is 44.2 Å². The van der Waals surface area contributed by atoms with E-state index in [-0.39, 0.29) is 6.03 Å². The molecule has 0 saturated carbocycles. The van der Waals surface area contributed by atoms with Crippen molar-refractivity contribution in [3.05, 3.63) is 66.7 Å². The zero-order valence-corrected chi connectivity index (χ0v) is 13.8. The molecule has 0 bridgehead atoms. The lowest BCUT2D eigenvalue weighted by Crippen LogP contribution is -2.39. The van der Waals surface area contributed by atoms with Crippen LogP contribution in [0.15, 0.2) is 70.3 Å². The van der Waals surface area contributed by atoms with Crippen molar-refractivity contribution in [3.63, 3.8) is 0 Å². The van der Waals surface area contributed by atoms with E-state index >= 15 is 0 Å². The van der Waals surface area contributed by atoms with E-state index in [0.29, 0.717) is 12.4 Å². The molecule has 0 saturated heterocycles. The predicted molar refractivity (Wildman–Crippen MR) is 95.3 cm³/mol. The molecule has 23 heavy (non-hydrogen) atoms. The van der Waals surface area contributed by atoms with Crippen LogP contribution in [-0.4, -0.2) is 25.5 Å². The molecule has 0 aliphatic carbocycles. The highest BCUT2D eigenvalue weighted by Crippen LogP contribution is 2.13. The number of hydrogen-bond donors (Lipinski definition) is 2. The second-order valence-electron chi connectivity index (χ2n) is 4.69. The topological polar surface area (TPSA) is 66.6 Å². The largest absolute Gasteiger partial charge is 0.465 e. The van der Waals surface area contributed by atoms with Gasteiger partial charge in [0.2, 0.25) is 0 Å². The number of amidine groups is 1. The lowest BCUT2D eigenvalue weighted by Gasteiger charge is -2.08. The minimum Gasteiger partial charge on any atom is -0.465 e. The third-order valence-electron chi connectivity index (χ3n) is 2.96. The molecule has 5 heteroatoms. The summed E-state index contributed by atoms with van der Waals surface area (Å²) >= 11 is 0. The molecule has 0 aliphatic heterocycles. The summed E-state index contributed by atoms with van der Waals surface area (Å²) in [5.74, 6) is 1.19. The summed E-state index contributed by atoms with van der Waals surface area (Å²) in [6.07, 6.45) is 10.8. The maximum absolute atomic E-state index is 11.9. The van der Waals surface area contributed by atoms with Gasteiger partial charge in [-0.05, 0) is 43.2 Å². The number of hydrogen-bond acceptors (Lipinski definition) is 3. The molecule has 1 aromatic rings. The van der Waals surface area contributed by atoms with Gasteiger partial charge < -0.3 is 9.73 Å². The molecule has 1 aromatic heterocycles. The molecule has 0 aliphatic rings. The van der Waals surface area contributed by atoms with E-state index in [1.165, 1.54) is 0 Å². The van der Waals surface area contributed by atoms with Gasteiger partial charge in [0, 0.05) is 13.6 Å². The van der Waals surface area contributed by atoms with E-state index in [1.54, 1.807) is 25.5 Å². The Morgan fingerprint density at radius 2 is 2.26 bits per heavy atom. The van der Waals surface area contributed by atoms with Gasteiger partial charge in [-0.25, -0.2) is 4.79 Å². The molecule has 0 spiro atoms. The first-order valence-electron chi connectivity index (χ1n) is 7.28. The summed E-state index contributed by atoms with van der Waals surface area (Å²) in [7, 11) is 1.61. The fraction of sp³-hybridized carbons (Fsp3) is 0.222. The fourth-order valence-corrected chi connectivity index (χ4v) is 1.70. The minimum atomic E-state index is -0.331. The van der Waals surface area contributed by atoms with Crippen molar-refractivity contribution < 1.29 is 9.21 Å². The third-order valence-corrected chi connectivity index (χ3v) is 2.96. The molecule has 0 aromatic carbocycles. The summed E-state index contributed by atoms with van der Waals surface area (Å²) in [6, 6.07) is 3.33. The molecule has 0 radical (unpaired) electrons. The van der Waals surface area contributed by atoms with Gasteiger partial charge in [-0.15, -0.1) is 0 Å². The minimum absolute atomic E-state index is 0.331. The quantitative estimate of drug-likeness (QED) is 0.478. The number of nitrogens with one attached hydrogen (secondary N) is 2. The van der Waals surface area contributed by atoms with Crippen LogP contribution in [-0.2, 0) is 0 Å². The fourth-order valence-electron chi connectivity index (χ4n) is 1.70. The summed E-state index contributed by atoms with van der Waals surface area (Å²) in [4.78, 5) is 16.0. The van der Waals surface area contributed by atoms with Crippen LogP contribution >= 0.6 is 0 Å². The van der Waals surface area contributed by atoms with Crippen LogP contribution in [0.3, 0.4) is 0 Å². The van der Waals surface area contributed by atoms with E-state index < -0.39 is 0 Å². The van der Waals surface area contributed by atoms with Crippen molar-refractivity contribution >= 4 is 17.4 Å². The predicted octanol–water partition coefficient (Wildman–Crippen LogP) is 3.70. The Labute approximate surface area is 137 Å². The first kappa shape index (κ1) is 18.2.